The summed E-state index contributed by atoms with van der Waals surface area (Å²) in [7, 11) is 0. The van der Waals surface area contributed by atoms with E-state index in [4.69, 9.17) is 9.47 Å². The molecule has 4 aliphatic rings. The molecule has 198 valence electrons. The number of carbonyl (C=O) groups excluding carboxylic acids is 3. The van der Waals surface area contributed by atoms with E-state index < -0.39 is 47.1 Å². The topological polar surface area (TPSA) is 96.4 Å². The maximum Gasteiger partial charge on any atom is 0.312 e. The van der Waals surface area contributed by atoms with Crippen molar-refractivity contribution >= 4 is 17.8 Å². The van der Waals surface area contributed by atoms with E-state index in [1.165, 1.54) is 4.90 Å². The minimum absolute atomic E-state index is 0.247. The molecule has 0 aliphatic carbocycles. The molecule has 1 aromatic rings. The highest BCUT2D eigenvalue weighted by Crippen LogP contribution is 2.54. The van der Waals surface area contributed by atoms with E-state index in [0.29, 0.717) is 19.4 Å². The average molecular weight is 509 g/mol. The average Bonchev–Trinajstić information content (AvgIpc) is 3.27. The summed E-state index contributed by atoms with van der Waals surface area (Å²) >= 11 is 0. The van der Waals surface area contributed by atoms with Gasteiger partial charge in [-0.15, -0.1) is 0 Å². The second kappa shape index (κ2) is 9.72. The van der Waals surface area contributed by atoms with E-state index in [-0.39, 0.29) is 25.0 Å². The zero-order valence-electron chi connectivity index (χ0n) is 21.7. The van der Waals surface area contributed by atoms with Crippen molar-refractivity contribution in [2.24, 2.45) is 11.8 Å². The van der Waals surface area contributed by atoms with E-state index in [2.05, 4.69) is 0 Å². The number of fused-ring (bicyclic) bond motifs is 2. The third kappa shape index (κ3) is 4.30. The van der Waals surface area contributed by atoms with Gasteiger partial charge < -0.3 is 24.4 Å². The first kappa shape index (κ1) is 25.7. The van der Waals surface area contributed by atoms with Crippen molar-refractivity contribution in [1.82, 2.24) is 9.80 Å². The fraction of sp³-hybridized carbons (Fsp3) is 0.552. The Labute approximate surface area is 217 Å². The Balaban J connectivity index is 1.63. The summed E-state index contributed by atoms with van der Waals surface area (Å²) in [5, 5.41) is 10.5. The van der Waals surface area contributed by atoms with Crippen molar-refractivity contribution < 1.29 is 29.0 Å². The second-order valence-corrected chi connectivity index (χ2v) is 11.4. The standard InChI is InChI=1S/C29H36N2O6/c1-28(2,3)30-15-10-14-29-23(22-21(37-29)13-8-5-9-16-36-27(22)35)25(33)31(24(29)26(30)34)20(18-32)17-19-11-6-4-7-12-19/h4,6-8,10-14,20-24,32H,5,9,15-18H2,1-3H3/b13-8-/t20-,21+,22-,23+,24?,29+/m1/s1. The first-order chi connectivity index (χ1) is 17.7. The number of hydrogen-bond acceptors (Lipinski definition) is 6. The zero-order chi connectivity index (χ0) is 26.4. The number of aliphatic hydroxyl groups is 1. The van der Waals surface area contributed by atoms with E-state index in [9.17, 15) is 19.5 Å². The van der Waals surface area contributed by atoms with Crippen molar-refractivity contribution in [3.8, 4) is 0 Å². The molecule has 1 unspecified atom stereocenters. The Hall–Kier alpha value is -2.97. The maximum atomic E-state index is 14.3. The number of allylic oxidation sites excluding steroid dienone is 1. The van der Waals surface area contributed by atoms with Gasteiger partial charge in [-0.1, -0.05) is 54.6 Å². The van der Waals surface area contributed by atoms with Crippen LogP contribution in [0.2, 0.25) is 0 Å². The third-order valence-electron chi connectivity index (χ3n) is 8.02. The van der Waals surface area contributed by atoms with Gasteiger partial charge in [0.15, 0.2) is 0 Å². The van der Waals surface area contributed by atoms with Crippen LogP contribution in [0.3, 0.4) is 0 Å². The van der Waals surface area contributed by atoms with E-state index in [1.54, 1.807) is 4.90 Å². The van der Waals surface area contributed by atoms with Crippen LogP contribution in [0.4, 0.5) is 0 Å². The second-order valence-electron chi connectivity index (χ2n) is 11.4. The molecule has 8 nitrogen and oxygen atoms in total. The van der Waals surface area contributed by atoms with Gasteiger partial charge in [-0.3, -0.25) is 14.4 Å². The molecule has 2 fully saturated rings. The number of hydrogen-bond donors (Lipinski definition) is 1. The van der Waals surface area contributed by atoms with Gasteiger partial charge in [0.1, 0.15) is 17.6 Å². The van der Waals surface area contributed by atoms with Crippen molar-refractivity contribution in [3.05, 3.63) is 60.2 Å². The van der Waals surface area contributed by atoms with Crippen LogP contribution < -0.4 is 0 Å². The Kier molecular flexibility index (Phi) is 6.75. The number of carbonyl (C=O) groups is 3. The molecule has 37 heavy (non-hydrogen) atoms. The van der Waals surface area contributed by atoms with Crippen molar-refractivity contribution in [2.75, 3.05) is 19.8 Å². The Bertz CT molecular complexity index is 1110. The molecule has 1 aromatic carbocycles. The summed E-state index contributed by atoms with van der Waals surface area (Å²) in [5.74, 6) is -2.88. The quantitative estimate of drug-likeness (QED) is 0.495. The number of likely N-dealkylation sites (tertiary alicyclic amines) is 1. The summed E-state index contributed by atoms with van der Waals surface area (Å²) in [6.45, 7) is 6.16. The normalized spacial score (nSPS) is 33.5. The lowest BCUT2D eigenvalue weighted by Crippen LogP contribution is -2.61. The first-order valence-electron chi connectivity index (χ1n) is 13.2. The van der Waals surface area contributed by atoms with Crippen LogP contribution in [0.1, 0.15) is 39.2 Å². The molecule has 1 N–H and O–H groups in total. The van der Waals surface area contributed by atoms with Gasteiger partial charge in [0, 0.05) is 12.1 Å². The van der Waals surface area contributed by atoms with Gasteiger partial charge in [0.05, 0.1) is 31.3 Å². The van der Waals surface area contributed by atoms with Gasteiger partial charge in [-0.2, -0.15) is 0 Å². The molecule has 0 radical (unpaired) electrons. The highest BCUT2D eigenvalue weighted by Gasteiger charge is 2.72. The molecule has 0 aromatic heterocycles. The summed E-state index contributed by atoms with van der Waals surface area (Å²) in [6.07, 6.45) is 8.62. The number of cyclic esters (lactones) is 1. The molecule has 4 heterocycles. The number of benzene rings is 1. The van der Waals surface area contributed by atoms with Crippen LogP contribution >= 0.6 is 0 Å². The number of esters is 1. The van der Waals surface area contributed by atoms with Crippen LogP contribution in [0, 0.1) is 11.8 Å². The SMILES string of the molecule is CC(C)(C)N1CC=C[C@]23O[C@H]4/C=C\CCCOC(=O)[C@H]4[C@H]2C(=O)N([C@@H](CO)Cc2ccccc2)C3C1=O. The molecular weight excluding hydrogens is 472 g/mol. The van der Waals surface area contributed by atoms with E-state index in [0.717, 1.165) is 12.0 Å². The number of rotatable bonds is 4. The highest BCUT2D eigenvalue weighted by molar-refractivity contribution is 5.99. The lowest BCUT2D eigenvalue weighted by Gasteiger charge is -2.42. The summed E-state index contributed by atoms with van der Waals surface area (Å²) in [5.41, 5.74) is -0.908. The van der Waals surface area contributed by atoms with Gasteiger partial charge in [0.25, 0.3) is 0 Å². The molecule has 0 bridgehead atoms. The van der Waals surface area contributed by atoms with Gasteiger partial charge in [-0.25, -0.2) is 0 Å². The molecule has 1 spiro atoms. The van der Waals surface area contributed by atoms with Crippen molar-refractivity contribution in [2.45, 2.75) is 69.4 Å². The summed E-state index contributed by atoms with van der Waals surface area (Å²) in [6, 6.07) is 7.90. The smallest absolute Gasteiger partial charge is 0.312 e. The fourth-order valence-electron chi connectivity index (χ4n) is 6.33. The lowest BCUT2D eigenvalue weighted by atomic mass is 9.78. The van der Waals surface area contributed by atoms with E-state index in [1.807, 2.05) is 75.4 Å². The van der Waals surface area contributed by atoms with Crippen LogP contribution in [-0.4, -0.2) is 81.8 Å². The van der Waals surface area contributed by atoms with Crippen LogP contribution in [0.5, 0.6) is 0 Å². The molecule has 5 rings (SSSR count). The fourth-order valence-corrected chi connectivity index (χ4v) is 6.33. The predicted octanol–water partition coefficient (Wildman–Crippen LogP) is 2.26. The Morgan fingerprint density at radius 1 is 1.11 bits per heavy atom. The number of ether oxygens (including phenoxy) is 2. The molecule has 4 aliphatic heterocycles. The highest BCUT2D eigenvalue weighted by atomic mass is 16.6. The molecule has 2 saturated heterocycles. The Morgan fingerprint density at radius 3 is 2.57 bits per heavy atom. The van der Waals surface area contributed by atoms with E-state index >= 15 is 0 Å². The first-order valence-corrected chi connectivity index (χ1v) is 13.2. The van der Waals surface area contributed by atoms with Crippen molar-refractivity contribution in [3.63, 3.8) is 0 Å². The van der Waals surface area contributed by atoms with Gasteiger partial charge >= 0.3 is 5.97 Å². The third-order valence-corrected chi connectivity index (χ3v) is 8.02. The van der Waals surface area contributed by atoms with Gasteiger partial charge in [-0.05, 0) is 45.6 Å². The zero-order valence-corrected chi connectivity index (χ0v) is 21.7. The van der Waals surface area contributed by atoms with Crippen molar-refractivity contribution in [1.29, 1.82) is 0 Å². The monoisotopic (exact) mass is 508 g/mol. The molecular formula is C29H36N2O6. The lowest BCUT2D eigenvalue weighted by molar-refractivity contribution is -0.157. The number of aliphatic hydroxyl groups excluding tert-OH is 1. The number of nitrogens with zero attached hydrogens (tertiary/aromatic N) is 2. The number of amides is 2. The van der Waals surface area contributed by atoms with Gasteiger partial charge in [0.2, 0.25) is 11.8 Å². The summed E-state index contributed by atoms with van der Waals surface area (Å²) < 4.78 is 12.2. The predicted molar refractivity (Wildman–Crippen MR) is 136 cm³/mol. The molecule has 0 saturated carbocycles. The molecule has 2 amide bonds. The van der Waals surface area contributed by atoms with Crippen LogP contribution in [0.15, 0.2) is 54.6 Å². The molecule has 8 heteroatoms. The van der Waals surface area contributed by atoms with Crippen LogP contribution in [-0.2, 0) is 30.3 Å². The minimum Gasteiger partial charge on any atom is -0.465 e. The molecule has 6 atom stereocenters. The Morgan fingerprint density at radius 2 is 1.86 bits per heavy atom. The largest absolute Gasteiger partial charge is 0.465 e. The minimum atomic E-state index is -1.34. The summed E-state index contributed by atoms with van der Waals surface area (Å²) in [4.78, 5) is 45.2. The maximum absolute atomic E-state index is 14.3. The van der Waals surface area contributed by atoms with Crippen LogP contribution in [0.25, 0.3) is 0 Å².